The number of hydrogen-bond donors (Lipinski definition) is 1. The minimum absolute atomic E-state index is 0.0670. The van der Waals surface area contributed by atoms with E-state index in [-0.39, 0.29) is 16.2 Å². The molecule has 0 saturated heterocycles. The molecule has 0 rings (SSSR count). The summed E-state index contributed by atoms with van der Waals surface area (Å²) in [4.78, 5) is 0. The highest BCUT2D eigenvalue weighted by Crippen LogP contribution is 2.57. The molecule has 0 aromatic carbocycles. The molecule has 0 bridgehead atoms. The quantitative estimate of drug-likeness (QED) is 0.312. The van der Waals surface area contributed by atoms with Gasteiger partial charge in [-0.3, -0.25) is 0 Å². The van der Waals surface area contributed by atoms with Crippen LogP contribution in [0.2, 0.25) is 0 Å². The fourth-order valence-electron chi connectivity index (χ4n) is 3.98. The fraction of sp³-hybridized carbons (Fsp3) is 1.00. The predicted molar refractivity (Wildman–Crippen MR) is 114 cm³/mol. The molecule has 0 spiro atoms. The fourth-order valence-corrected chi connectivity index (χ4v) is 3.98. The van der Waals surface area contributed by atoms with Crippen LogP contribution in [0.15, 0.2) is 0 Å². The van der Waals surface area contributed by atoms with Crippen molar-refractivity contribution in [2.24, 2.45) is 16.2 Å². The van der Waals surface area contributed by atoms with Gasteiger partial charge in [0.1, 0.15) is 0 Å². The summed E-state index contributed by atoms with van der Waals surface area (Å²) < 4.78 is 0. The van der Waals surface area contributed by atoms with E-state index in [9.17, 15) is 5.11 Å². The van der Waals surface area contributed by atoms with Gasteiger partial charge < -0.3 is 5.11 Å². The van der Waals surface area contributed by atoms with Crippen LogP contribution in [0.1, 0.15) is 133 Å². The number of hydrogen-bond acceptors (Lipinski definition) is 1. The standard InChI is InChI=1S/C24H50O/c1-10-11-12-13-14-15-16-17-18-19-20-21(2,3)22(4,5)23(6,7)24(8,9)25/h25H,10-20H2,1-9H3. The molecule has 0 saturated carbocycles. The second-order valence-electron chi connectivity index (χ2n) is 10.6. The highest BCUT2D eigenvalue weighted by Gasteiger charge is 2.53. The van der Waals surface area contributed by atoms with Crippen molar-refractivity contribution in [3.8, 4) is 0 Å². The summed E-state index contributed by atoms with van der Waals surface area (Å²) in [5.41, 5.74) is -0.526. The number of rotatable bonds is 14. The van der Waals surface area contributed by atoms with Gasteiger partial charge in [0.15, 0.2) is 0 Å². The third kappa shape index (κ3) is 7.24. The molecule has 1 nitrogen and oxygen atoms in total. The molecule has 25 heavy (non-hydrogen) atoms. The van der Waals surface area contributed by atoms with E-state index in [0.29, 0.717) is 0 Å². The van der Waals surface area contributed by atoms with Crippen molar-refractivity contribution < 1.29 is 5.11 Å². The summed E-state index contributed by atoms with van der Waals surface area (Å²) in [5.74, 6) is 0. The average molecular weight is 355 g/mol. The molecule has 0 amide bonds. The normalized spacial score (nSPS) is 14.2. The van der Waals surface area contributed by atoms with E-state index < -0.39 is 5.60 Å². The van der Waals surface area contributed by atoms with E-state index in [1.54, 1.807) is 0 Å². The maximum absolute atomic E-state index is 10.7. The van der Waals surface area contributed by atoms with Gasteiger partial charge in [0.25, 0.3) is 0 Å². The molecular formula is C24H50O. The second kappa shape index (κ2) is 10.3. The van der Waals surface area contributed by atoms with Crippen LogP contribution < -0.4 is 0 Å². The van der Waals surface area contributed by atoms with E-state index in [1.165, 1.54) is 70.6 Å². The second-order valence-corrected chi connectivity index (χ2v) is 10.6. The van der Waals surface area contributed by atoms with Gasteiger partial charge in [0, 0.05) is 0 Å². The van der Waals surface area contributed by atoms with Gasteiger partial charge in [-0.15, -0.1) is 0 Å². The van der Waals surface area contributed by atoms with Crippen molar-refractivity contribution in [3.63, 3.8) is 0 Å². The highest BCUT2D eigenvalue weighted by molar-refractivity contribution is 5.02. The lowest BCUT2D eigenvalue weighted by Gasteiger charge is -2.57. The summed E-state index contributed by atoms with van der Waals surface area (Å²) in [7, 11) is 0. The van der Waals surface area contributed by atoms with Crippen LogP contribution in [0.4, 0.5) is 0 Å². The molecule has 1 heteroatoms. The Kier molecular flexibility index (Phi) is 10.3. The molecule has 0 unspecified atom stereocenters. The first-order valence-corrected chi connectivity index (χ1v) is 11.0. The molecule has 0 aromatic heterocycles. The summed E-state index contributed by atoms with van der Waals surface area (Å²) in [5, 5.41) is 10.7. The van der Waals surface area contributed by atoms with Gasteiger partial charge in [0.2, 0.25) is 0 Å². The SMILES string of the molecule is CCCCCCCCCCCCC(C)(C)C(C)(C)C(C)(C)C(C)(C)O. The molecule has 0 aliphatic heterocycles. The summed E-state index contributed by atoms with van der Waals surface area (Å²) in [6.45, 7) is 20.2. The molecule has 0 aliphatic carbocycles. The molecule has 0 radical (unpaired) electrons. The third-order valence-corrected chi connectivity index (χ3v) is 7.94. The highest BCUT2D eigenvalue weighted by atomic mass is 16.3. The minimum atomic E-state index is -0.675. The van der Waals surface area contributed by atoms with Crippen LogP contribution in [0.3, 0.4) is 0 Å². The molecule has 0 aliphatic rings. The summed E-state index contributed by atoms with van der Waals surface area (Å²) >= 11 is 0. The molecule has 0 heterocycles. The first-order valence-electron chi connectivity index (χ1n) is 11.0. The van der Waals surface area contributed by atoms with Crippen LogP contribution >= 0.6 is 0 Å². The van der Waals surface area contributed by atoms with Crippen LogP contribution in [-0.4, -0.2) is 10.7 Å². The van der Waals surface area contributed by atoms with Crippen molar-refractivity contribution in [2.75, 3.05) is 0 Å². The van der Waals surface area contributed by atoms with Crippen LogP contribution in [0.5, 0.6) is 0 Å². The molecule has 0 atom stereocenters. The lowest BCUT2D eigenvalue weighted by molar-refractivity contribution is -0.146. The lowest BCUT2D eigenvalue weighted by Crippen LogP contribution is -2.54. The Labute approximate surface area is 160 Å². The van der Waals surface area contributed by atoms with Gasteiger partial charge in [-0.05, 0) is 36.5 Å². The zero-order chi connectivity index (χ0) is 19.8. The minimum Gasteiger partial charge on any atom is -0.390 e. The maximum atomic E-state index is 10.7. The number of aliphatic hydroxyl groups is 1. The van der Waals surface area contributed by atoms with Crippen molar-refractivity contribution in [3.05, 3.63) is 0 Å². The van der Waals surface area contributed by atoms with E-state index >= 15 is 0 Å². The summed E-state index contributed by atoms with van der Waals surface area (Å²) in [6.07, 6.45) is 15.2. The largest absolute Gasteiger partial charge is 0.390 e. The molecule has 1 N–H and O–H groups in total. The Bertz CT molecular complexity index is 344. The van der Waals surface area contributed by atoms with Crippen LogP contribution in [0, 0.1) is 16.2 Å². The average Bonchev–Trinajstić information content (AvgIpc) is 2.47. The van der Waals surface area contributed by atoms with Crippen LogP contribution in [0.25, 0.3) is 0 Å². The Morgan fingerprint density at radius 1 is 0.520 bits per heavy atom. The van der Waals surface area contributed by atoms with Crippen molar-refractivity contribution in [2.45, 2.75) is 139 Å². The Balaban J connectivity index is 4.20. The van der Waals surface area contributed by atoms with Crippen molar-refractivity contribution >= 4 is 0 Å². The van der Waals surface area contributed by atoms with Gasteiger partial charge in [-0.25, -0.2) is 0 Å². The Hall–Kier alpha value is -0.0400. The van der Waals surface area contributed by atoms with Gasteiger partial charge in [-0.1, -0.05) is 113 Å². The maximum Gasteiger partial charge on any atom is 0.0647 e. The van der Waals surface area contributed by atoms with Gasteiger partial charge in [0.05, 0.1) is 5.60 Å². The van der Waals surface area contributed by atoms with E-state index in [4.69, 9.17) is 0 Å². The van der Waals surface area contributed by atoms with E-state index in [0.717, 1.165) is 0 Å². The zero-order valence-corrected chi connectivity index (χ0v) is 19.2. The first-order chi connectivity index (χ1) is 11.3. The third-order valence-electron chi connectivity index (χ3n) is 7.94. The van der Waals surface area contributed by atoms with Crippen molar-refractivity contribution in [1.82, 2.24) is 0 Å². The number of unbranched alkanes of at least 4 members (excludes halogenated alkanes) is 9. The zero-order valence-electron chi connectivity index (χ0n) is 19.2. The van der Waals surface area contributed by atoms with Crippen molar-refractivity contribution in [1.29, 1.82) is 0 Å². The van der Waals surface area contributed by atoms with Gasteiger partial charge in [-0.2, -0.15) is 0 Å². The van der Waals surface area contributed by atoms with E-state index in [2.05, 4.69) is 48.5 Å². The smallest absolute Gasteiger partial charge is 0.0647 e. The monoisotopic (exact) mass is 354 g/mol. The van der Waals surface area contributed by atoms with Crippen LogP contribution in [-0.2, 0) is 0 Å². The first kappa shape index (κ1) is 25.0. The predicted octanol–water partition coefficient (Wildman–Crippen LogP) is 8.15. The van der Waals surface area contributed by atoms with E-state index in [1.807, 2.05) is 13.8 Å². The topological polar surface area (TPSA) is 20.2 Å². The molecule has 0 fully saturated rings. The van der Waals surface area contributed by atoms with Gasteiger partial charge >= 0.3 is 0 Å². The molecule has 0 aromatic rings. The Morgan fingerprint density at radius 2 is 0.880 bits per heavy atom. The lowest BCUT2D eigenvalue weighted by atomic mass is 9.49. The molecule has 152 valence electrons. The molecular weight excluding hydrogens is 304 g/mol. The summed E-state index contributed by atoms with van der Waals surface area (Å²) in [6, 6.07) is 0. The Morgan fingerprint density at radius 3 is 1.24 bits per heavy atom.